The van der Waals surface area contributed by atoms with Gasteiger partial charge in [-0.2, -0.15) is 0 Å². The topological polar surface area (TPSA) is 12.5 Å². The van der Waals surface area contributed by atoms with Crippen LogP contribution in [0.15, 0.2) is 0 Å². The standard InChI is InChI=1S/C8H12O/c1-8-3-2-5(8)4-6-7(8)9-6/h5-7H,2-4H2,1H3/t5?,6-,7-,8-/m1/s1. The lowest BCUT2D eigenvalue weighted by Gasteiger charge is -2.43. The summed E-state index contributed by atoms with van der Waals surface area (Å²) in [4.78, 5) is 0. The van der Waals surface area contributed by atoms with Gasteiger partial charge < -0.3 is 4.74 Å². The summed E-state index contributed by atoms with van der Waals surface area (Å²) in [6.07, 6.45) is 5.67. The third-order valence-corrected chi connectivity index (χ3v) is 3.71. The van der Waals surface area contributed by atoms with E-state index in [1.807, 2.05) is 0 Å². The third-order valence-electron chi connectivity index (χ3n) is 3.71. The summed E-state index contributed by atoms with van der Waals surface area (Å²) in [6, 6.07) is 0. The predicted octanol–water partition coefficient (Wildman–Crippen LogP) is 1.57. The monoisotopic (exact) mass is 124 g/mol. The van der Waals surface area contributed by atoms with Gasteiger partial charge in [0.15, 0.2) is 0 Å². The Hall–Kier alpha value is -0.0400. The lowest BCUT2D eigenvalue weighted by molar-refractivity contribution is 0.0136. The maximum Gasteiger partial charge on any atom is 0.0898 e. The predicted molar refractivity (Wildman–Crippen MR) is 34.1 cm³/mol. The highest BCUT2D eigenvalue weighted by Crippen LogP contribution is 2.64. The molecule has 1 unspecified atom stereocenters. The van der Waals surface area contributed by atoms with Gasteiger partial charge in [-0.3, -0.25) is 0 Å². The molecular weight excluding hydrogens is 112 g/mol. The summed E-state index contributed by atoms with van der Waals surface area (Å²) in [5.41, 5.74) is 0.644. The molecule has 3 fully saturated rings. The second kappa shape index (κ2) is 1.07. The molecule has 1 aliphatic heterocycles. The fraction of sp³-hybridized carbons (Fsp3) is 1.00. The van der Waals surface area contributed by atoms with Crippen LogP contribution in [-0.2, 0) is 4.74 Å². The Morgan fingerprint density at radius 3 is 2.78 bits per heavy atom. The Morgan fingerprint density at radius 2 is 2.44 bits per heavy atom. The number of epoxide rings is 1. The average Bonchev–Trinajstić information content (AvgIpc) is 2.53. The van der Waals surface area contributed by atoms with Crippen molar-refractivity contribution < 1.29 is 4.74 Å². The molecule has 0 bridgehead atoms. The van der Waals surface area contributed by atoms with Gasteiger partial charge in [-0.05, 0) is 30.6 Å². The summed E-state index contributed by atoms with van der Waals surface area (Å²) in [6.45, 7) is 2.40. The molecule has 0 radical (unpaired) electrons. The lowest BCUT2D eigenvalue weighted by Crippen LogP contribution is -2.38. The van der Waals surface area contributed by atoms with E-state index >= 15 is 0 Å². The minimum absolute atomic E-state index is 0.644. The molecule has 1 heterocycles. The first-order valence-corrected chi connectivity index (χ1v) is 3.96. The molecule has 2 aliphatic carbocycles. The van der Waals surface area contributed by atoms with Gasteiger partial charge in [-0.1, -0.05) is 6.92 Å². The maximum absolute atomic E-state index is 5.49. The van der Waals surface area contributed by atoms with E-state index in [4.69, 9.17) is 4.74 Å². The van der Waals surface area contributed by atoms with Gasteiger partial charge in [0.2, 0.25) is 0 Å². The zero-order valence-electron chi connectivity index (χ0n) is 5.76. The first kappa shape index (κ1) is 4.73. The summed E-state index contributed by atoms with van der Waals surface area (Å²) in [5.74, 6) is 1.04. The second-order valence-corrected chi connectivity index (χ2v) is 4.07. The van der Waals surface area contributed by atoms with Crippen LogP contribution in [-0.4, -0.2) is 12.2 Å². The highest BCUT2D eigenvalue weighted by atomic mass is 16.6. The quantitative estimate of drug-likeness (QED) is 0.446. The van der Waals surface area contributed by atoms with Crippen LogP contribution in [0.25, 0.3) is 0 Å². The van der Waals surface area contributed by atoms with Crippen LogP contribution in [0, 0.1) is 11.3 Å². The lowest BCUT2D eigenvalue weighted by atomic mass is 9.63. The molecule has 1 nitrogen and oxygen atoms in total. The highest BCUT2D eigenvalue weighted by molar-refractivity contribution is 5.14. The van der Waals surface area contributed by atoms with E-state index < -0.39 is 0 Å². The summed E-state index contributed by atoms with van der Waals surface area (Å²) >= 11 is 0. The maximum atomic E-state index is 5.49. The molecule has 0 N–H and O–H groups in total. The van der Waals surface area contributed by atoms with Crippen molar-refractivity contribution in [2.45, 2.75) is 38.4 Å². The molecule has 9 heavy (non-hydrogen) atoms. The van der Waals surface area contributed by atoms with Gasteiger partial charge >= 0.3 is 0 Å². The molecule has 4 atom stereocenters. The Labute approximate surface area is 55.4 Å². The average molecular weight is 124 g/mol. The molecular formula is C8H12O. The zero-order valence-corrected chi connectivity index (χ0v) is 5.76. The van der Waals surface area contributed by atoms with E-state index in [0.29, 0.717) is 17.6 Å². The van der Waals surface area contributed by atoms with Gasteiger partial charge in [0.25, 0.3) is 0 Å². The number of ether oxygens (including phenoxy) is 1. The molecule has 50 valence electrons. The highest BCUT2D eigenvalue weighted by Gasteiger charge is 2.66. The van der Waals surface area contributed by atoms with E-state index in [1.54, 1.807) is 0 Å². The molecule has 3 rings (SSSR count). The van der Waals surface area contributed by atoms with Crippen LogP contribution >= 0.6 is 0 Å². The Kier molecular flexibility index (Phi) is 0.563. The molecule has 3 aliphatic rings. The van der Waals surface area contributed by atoms with Crippen molar-refractivity contribution in [3.05, 3.63) is 0 Å². The molecule has 0 aromatic rings. The van der Waals surface area contributed by atoms with Gasteiger partial charge in [-0.15, -0.1) is 0 Å². The SMILES string of the molecule is C[C@@]12CCC1C[C@H]1O[C@H]12. The van der Waals surface area contributed by atoms with Gasteiger partial charge in [0.05, 0.1) is 12.2 Å². The van der Waals surface area contributed by atoms with Gasteiger partial charge in [-0.25, -0.2) is 0 Å². The fourth-order valence-electron chi connectivity index (χ4n) is 2.75. The largest absolute Gasteiger partial charge is 0.369 e. The van der Waals surface area contributed by atoms with E-state index in [9.17, 15) is 0 Å². The van der Waals surface area contributed by atoms with Crippen molar-refractivity contribution in [1.29, 1.82) is 0 Å². The van der Waals surface area contributed by atoms with E-state index in [-0.39, 0.29) is 0 Å². The molecule has 0 spiro atoms. The van der Waals surface area contributed by atoms with Crippen molar-refractivity contribution >= 4 is 0 Å². The number of fused-ring (bicyclic) bond motifs is 3. The Bertz CT molecular complexity index is 160. The number of hydrogen-bond acceptors (Lipinski definition) is 1. The van der Waals surface area contributed by atoms with Crippen molar-refractivity contribution in [1.82, 2.24) is 0 Å². The molecule has 0 aromatic carbocycles. The van der Waals surface area contributed by atoms with Crippen LogP contribution in [0.3, 0.4) is 0 Å². The van der Waals surface area contributed by atoms with Crippen molar-refractivity contribution in [2.24, 2.45) is 11.3 Å². The van der Waals surface area contributed by atoms with Crippen LogP contribution < -0.4 is 0 Å². The van der Waals surface area contributed by atoms with Crippen LogP contribution in [0.1, 0.15) is 26.2 Å². The Balaban J connectivity index is 1.99. The first-order valence-electron chi connectivity index (χ1n) is 3.96. The summed E-state index contributed by atoms with van der Waals surface area (Å²) < 4.78 is 5.49. The zero-order chi connectivity index (χ0) is 6.06. The molecule has 0 aromatic heterocycles. The summed E-state index contributed by atoms with van der Waals surface area (Å²) in [7, 11) is 0. The van der Waals surface area contributed by atoms with Crippen molar-refractivity contribution in [3.8, 4) is 0 Å². The molecule has 2 saturated carbocycles. The number of rotatable bonds is 0. The minimum Gasteiger partial charge on any atom is -0.369 e. The third kappa shape index (κ3) is 0.362. The van der Waals surface area contributed by atoms with Crippen LogP contribution in [0.5, 0.6) is 0 Å². The normalized spacial score (nSPS) is 68.3. The minimum atomic E-state index is 0.644. The van der Waals surface area contributed by atoms with Crippen molar-refractivity contribution in [3.63, 3.8) is 0 Å². The van der Waals surface area contributed by atoms with E-state index in [0.717, 1.165) is 5.92 Å². The fourth-order valence-corrected chi connectivity index (χ4v) is 2.75. The van der Waals surface area contributed by atoms with Crippen molar-refractivity contribution in [2.75, 3.05) is 0 Å². The summed E-state index contributed by atoms with van der Waals surface area (Å²) in [5, 5.41) is 0. The number of hydrogen-bond donors (Lipinski definition) is 0. The molecule has 1 heteroatoms. The van der Waals surface area contributed by atoms with Gasteiger partial charge in [0.1, 0.15) is 0 Å². The van der Waals surface area contributed by atoms with Crippen LogP contribution in [0.4, 0.5) is 0 Å². The second-order valence-electron chi connectivity index (χ2n) is 4.07. The Morgan fingerprint density at radius 1 is 1.56 bits per heavy atom. The molecule has 1 saturated heterocycles. The first-order chi connectivity index (χ1) is 4.31. The van der Waals surface area contributed by atoms with Crippen LogP contribution in [0.2, 0.25) is 0 Å². The van der Waals surface area contributed by atoms with Gasteiger partial charge in [0, 0.05) is 0 Å². The van der Waals surface area contributed by atoms with E-state index in [1.165, 1.54) is 19.3 Å². The van der Waals surface area contributed by atoms with E-state index in [2.05, 4.69) is 6.92 Å². The molecule has 0 amide bonds. The smallest absolute Gasteiger partial charge is 0.0898 e.